The van der Waals surface area contributed by atoms with Crippen molar-refractivity contribution in [3.05, 3.63) is 35.4 Å². The first kappa shape index (κ1) is 16.8. The molecule has 2 rings (SSSR count). The van der Waals surface area contributed by atoms with Crippen molar-refractivity contribution in [1.29, 1.82) is 0 Å². The molecule has 0 heterocycles. The lowest BCUT2D eigenvalue weighted by Crippen LogP contribution is -2.46. The fourth-order valence-electron chi connectivity index (χ4n) is 2.92. The summed E-state index contributed by atoms with van der Waals surface area (Å²) < 4.78 is 5.57. The van der Waals surface area contributed by atoms with E-state index in [2.05, 4.69) is 60.7 Å². The Morgan fingerprint density at radius 1 is 1.32 bits per heavy atom. The van der Waals surface area contributed by atoms with E-state index in [1.807, 2.05) is 7.05 Å². The minimum Gasteiger partial charge on any atom is -0.379 e. The van der Waals surface area contributed by atoms with Crippen LogP contribution in [0.3, 0.4) is 0 Å². The second kappa shape index (κ2) is 7.14. The molecule has 0 saturated carbocycles. The number of hydrogen-bond donors (Lipinski definition) is 2. The van der Waals surface area contributed by atoms with Crippen molar-refractivity contribution in [3.63, 3.8) is 0 Å². The van der Waals surface area contributed by atoms with E-state index in [-0.39, 0.29) is 11.5 Å². The third kappa shape index (κ3) is 4.01. The lowest BCUT2D eigenvalue weighted by Gasteiger charge is -2.32. The van der Waals surface area contributed by atoms with Gasteiger partial charge in [0.1, 0.15) is 0 Å². The largest absolute Gasteiger partial charge is 0.379 e. The van der Waals surface area contributed by atoms with Gasteiger partial charge in [-0.1, -0.05) is 45.0 Å². The summed E-state index contributed by atoms with van der Waals surface area (Å²) in [5.41, 5.74) is 3.05. The summed E-state index contributed by atoms with van der Waals surface area (Å²) in [4.78, 5) is 4.30. The van der Waals surface area contributed by atoms with Crippen LogP contribution in [-0.4, -0.2) is 39.3 Å². The number of benzene rings is 1. The fraction of sp³-hybridized carbons (Fsp3) is 0.611. The highest BCUT2D eigenvalue weighted by Gasteiger charge is 2.26. The van der Waals surface area contributed by atoms with Crippen LogP contribution in [0.4, 0.5) is 0 Å². The number of nitrogens with zero attached hydrogens (tertiary/aromatic N) is 1. The van der Waals surface area contributed by atoms with Gasteiger partial charge in [0.25, 0.3) is 0 Å². The van der Waals surface area contributed by atoms with Crippen molar-refractivity contribution in [2.45, 2.75) is 39.2 Å². The number of nitrogens with one attached hydrogen (secondary N) is 2. The molecule has 2 unspecified atom stereocenters. The lowest BCUT2D eigenvalue weighted by atomic mass is 9.78. The van der Waals surface area contributed by atoms with E-state index in [1.54, 1.807) is 7.11 Å². The molecule has 2 N–H and O–H groups in total. The molecule has 1 aliphatic carbocycles. The maximum Gasteiger partial charge on any atom is 0.191 e. The number of fused-ring (bicyclic) bond motifs is 1. The minimum atomic E-state index is 0.105. The predicted molar refractivity (Wildman–Crippen MR) is 92.5 cm³/mol. The van der Waals surface area contributed by atoms with Gasteiger partial charge in [-0.3, -0.25) is 4.99 Å². The highest BCUT2D eigenvalue weighted by atomic mass is 16.5. The van der Waals surface area contributed by atoms with Gasteiger partial charge in [-0.15, -0.1) is 0 Å². The normalized spacial score (nSPS) is 19.1. The van der Waals surface area contributed by atoms with Crippen molar-refractivity contribution in [2.75, 3.05) is 27.2 Å². The zero-order valence-electron chi connectivity index (χ0n) is 14.4. The summed E-state index contributed by atoms with van der Waals surface area (Å²) in [7, 11) is 3.57. The quantitative estimate of drug-likeness (QED) is 0.649. The van der Waals surface area contributed by atoms with E-state index in [9.17, 15) is 0 Å². The molecule has 0 amide bonds. The summed E-state index contributed by atoms with van der Waals surface area (Å²) in [6.07, 6.45) is 1.30. The molecule has 1 aromatic rings. The average Bonchev–Trinajstić information content (AvgIpc) is 2.45. The Morgan fingerprint density at radius 3 is 2.64 bits per heavy atom. The van der Waals surface area contributed by atoms with E-state index < -0.39 is 0 Å². The molecule has 1 aliphatic rings. The van der Waals surface area contributed by atoms with Crippen LogP contribution in [0.5, 0.6) is 0 Å². The van der Waals surface area contributed by atoms with Crippen LogP contribution in [-0.2, 0) is 11.2 Å². The van der Waals surface area contributed by atoms with Crippen LogP contribution >= 0.6 is 0 Å². The molecule has 0 radical (unpaired) electrons. The molecule has 4 nitrogen and oxygen atoms in total. The van der Waals surface area contributed by atoms with Crippen LogP contribution in [0.15, 0.2) is 29.3 Å². The number of ether oxygens (including phenoxy) is 1. The van der Waals surface area contributed by atoms with Crippen molar-refractivity contribution in [2.24, 2.45) is 10.4 Å². The molecule has 4 heteroatoms. The summed E-state index contributed by atoms with van der Waals surface area (Å²) in [6.45, 7) is 8.23. The molecule has 0 spiro atoms. The number of guanidine groups is 1. The topological polar surface area (TPSA) is 45.7 Å². The van der Waals surface area contributed by atoms with Gasteiger partial charge >= 0.3 is 0 Å². The van der Waals surface area contributed by atoms with Gasteiger partial charge in [-0.2, -0.15) is 0 Å². The Hall–Kier alpha value is -1.55. The Morgan fingerprint density at radius 2 is 2.05 bits per heavy atom. The Balaban J connectivity index is 1.79. The van der Waals surface area contributed by atoms with Crippen molar-refractivity contribution >= 4 is 5.96 Å². The molecule has 122 valence electrons. The van der Waals surface area contributed by atoms with Crippen LogP contribution in [0.1, 0.15) is 37.8 Å². The minimum absolute atomic E-state index is 0.105. The molecule has 1 aromatic carbocycles. The zero-order chi connectivity index (χ0) is 16.2. The molecule has 0 aromatic heterocycles. The van der Waals surface area contributed by atoms with Gasteiger partial charge in [-0.25, -0.2) is 0 Å². The molecule has 0 saturated heterocycles. The Labute approximate surface area is 134 Å². The van der Waals surface area contributed by atoms with E-state index in [1.165, 1.54) is 11.1 Å². The molecular formula is C18H29N3O. The van der Waals surface area contributed by atoms with E-state index in [0.29, 0.717) is 5.92 Å². The van der Waals surface area contributed by atoms with Crippen molar-refractivity contribution in [3.8, 4) is 0 Å². The maximum absolute atomic E-state index is 5.57. The van der Waals surface area contributed by atoms with Crippen molar-refractivity contribution in [1.82, 2.24) is 10.6 Å². The van der Waals surface area contributed by atoms with Crippen molar-refractivity contribution < 1.29 is 4.74 Å². The second-order valence-electron chi connectivity index (χ2n) is 7.02. The molecule has 0 aliphatic heterocycles. The van der Waals surface area contributed by atoms with Crippen LogP contribution in [0.2, 0.25) is 0 Å². The third-order valence-corrected chi connectivity index (χ3v) is 4.41. The SMILES string of the molecule is CN=C(NCC1Cc2ccccc21)NCC(OC)C(C)(C)C. The first-order valence-corrected chi connectivity index (χ1v) is 8.00. The first-order valence-electron chi connectivity index (χ1n) is 8.00. The number of hydrogen-bond acceptors (Lipinski definition) is 2. The highest BCUT2D eigenvalue weighted by Crippen LogP contribution is 2.33. The monoisotopic (exact) mass is 303 g/mol. The molecule has 22 heavy (non-hydrogen) atoms. The first-order chi connectivity index (χ1) is 10.5. The summed E-state index contributed by atoms with van der Waals surface area (Å²) in [5.74, 6) is 1.44. The number of methoxy groups -OCH3 is 1. The average molecular weight is 303 g/mol. The van der Waals surface area contributed by atoms with E-state index in [0.717, 1.165) is 25.5 Å². The predicted octanol–water partition coefficient (Wildman–Crippen LogP) is 2.55. The second-order valence-corrected chi connectivity index (χ2v) is 7.02. The summed E-state index contributed by atoms with van der Waals surface area (Å²) in [5, 5.41) is 6.79. The van der Waals surface area contributed by atoms with E-state index in [4.69, 9.17) is 4.74 Å². The Kier molecular flexibility index (Phi) is 5.46. The molecule has 0 fully saturated rings. The molecular weight excluding hydrogens is 274 g/mol. The third-order valence-electron chi connectivity index (χ3n) is 4.41. The fourth-order valence-corrected chi connectivity index (χ4v) is 2.92. The van der Waals surface area contributed by atoms with E-state index >= 15 is 0 Å². The van der Waals surface area contributed by atoms with Gasteiger partial charge in [0, 0.05) is 33.2 Å². The van der Waals surface area contributed by atoms with Gasteiger partial charge in [0.15, 0.2) is 5.96 Å². The summed E-state index contributed by atoms with van der Waals surface area (Å²) in [6, 6.07) is 8.66. The van der Waals surface area contributed by atoms with Crippen LogP contribution in [0.25, 0.3) is 0 Å². The van der Waals surface area contributed by atoms with Gasteiger partial charge in [-0.05, 0) is 23.0 Å². The zero-order valence-corrected chi connectivity index (χ0v) is 14.4. The van der Waals surface area contributed by atoms with Crippen LogP contribution in [0, 0.1) is 5.41 Å². The molecule has 0 bridgehead atoms. The standard InChI is InChI=1S/C18H29N3O/c1-18(2,3)16(22-5)12-21-17(19-4)20-11-14-10-13-8-6-7-9-15(13)14/h6-9,14,16H,10-12H2,1-5H3,(H2,19,20,21). The summed E-state index contributed by atoms with van der Waals surface area (Å²) >= 11 is 0. The smallest absolute Gasteiger partial charge is 0.191 e. The molecule has 2 atom stereocenters. The Bertz CT molecular complexity index is 519. The maximum atomic E-state index is 5.57. The number of aliphatic imine (C=N–C) groups is 1. The highest BCUT2D eigenvalue weighted by molar-refractivity contribution is 5.79. The lowest BCUT2D eigenvalue weighted by molar-refractivity contribution is 0.0205. The van der Waals surface area contributed by atoms with Crippen LogP contribution < -0.4 is 10.6 Å². The van der Waals surface area contributed by atoms with Gasteiger partial charge < -0.3 is 15.4 Å². The van der Waals surface area contributed by atoms with Gasteiger partial charge in [0.2, 0.25) is 0 Å². The van der Waals surface area contributed by atoms with Gasteiger partial charge in [0.05, 0.1) is 6.10 Å². The number of rotatable bonds is 5.